The Morgan fingerprint density at radius 3 is 2.81 bits per heavy atom. The highest BCUT2D eigenvalue weighted by Crippen LogP contribution is 2.20. The van der Waals surface area contributed by atoms with Crippen molar-refractivity contribution < 1.29 is 4.79 Å². The first-order chi connectivity index (χ1) is 7.68. The van der Waals surface area contributed by atoms with E-state index in [2.05, 4.69) is 10.2 Å². The van der Waals surface area contributed by atoms with Crippen LogP contribution in [0.1, 0.15) is 16.1 Å². The molecule has 1 aromatic carbocycles. The lowest BCUT2D eigenvalue weighted by Gasteiger charge is -2.03. The van der Waals surface area contributed by atoms with E-state index in [9.17, 15) is 4.79 Å². The molecular formula is C11H8ClN3O. The van der Waals surface area contributed by atoms with Crippen molar-refractivity contribution in [3.8, 4) is 0 Å². The quantitative estimate of drug-likeness (QED) is 0.636. The lowest BCUT2D eigenvalue weighted by atomic mass is 10.1. The van der Waals surface area contributed by atoms with Crippen molar-refractivity contribution in [1.29, 1.82) is 0 Å². The maximum Gasteiger partial charge on any atom is 0.215 e. The fourth-order valence-electron chi connectivity index (χ4n) is 1.29. The molecule has 0 saturated heterocycles. The van der Waals surface area contributed by atoms with Gasteiger partial charge < -0.3 is 5.73 Å². The van der Waals surface area contributed by atoms with Gasteiger partial charge in [-0.05, 0) is 30.3 Å². The van der Waals surface area contributed by atoms with Crippen LogP contribution in [0.5, 0.6) is 0 Å². The number of benzene rings is 1. The number of rotatable bonds is 2. The molecule has 1 aromatic heterocycles. The van der Waals surface area contributed by atoms with E-state index < -0.39 is 0 Å². The first kappa shape index (κ1) is 10.6. The molecule has 2 aromatic rings. The van der Waals surface area contributed by atoms with Gasteiger partial charge in [0.15, 0.2) is 0 Å². The van der Waals surface area contributed by atoms with E-state index in [4.69, 9.17) is 17.3 Å². The molecule has 0 unspecified atom stereocenters. The summed E-state index contributed by atoms with van der Waals surface area (Å²) < 4.78 is 0. The Hall–Kier alpha value is -1.94. The van der Waals surface area contributed by atoms with Crippen molar-refractivity contribution in [2.24, 2.45) is 0 Å². The van der Waals surface area contributed by atoms with E-state index in [1.807, 2.05) is 0 Å². The molecular weight excluding hydrogens is 226 g/mol. The molecule has 0 aliphatic rings. The number of aromatic nitrogens is 2. The van der Waals surface area contributed by atoms with Gasteiger partial charge in [-0.25, -0.2) is 0 Å². The molecule has 16 heavy (non-hydrogen) atoms. The third kappa shape index (κ3) is 2.01. The van der Waals surface area contributed by atoms with Crippen LogP contribution in [-0.2, 0) is 0 Å². The van der Waals surface area contributed by atoms with E-state index in [0.717, 1.165) is 0 Å². The van der Waals surface area contributed by atoms with E-state index in [1.165, 1.54) is 12.3 Å². The van der Waals surface area contributed by atoms with Gasteiger partial charge in [-0.2, -0.15) is 5.10 Å². The normalized spacial score (nSPS) is 10.1. The molecule has 2 rings (SSSR count). The summed E-state index contributed by atoms with van der Waals surface area (Å²) in [7, 11) is 0. The SMILES string of the molecule is Nc1ccc(Cl)cc1C(=O)c1cccnn1. The molecule has 0 fully saturated rings. The van der Waals surface area contributed by atoms with Crippen molar-refractivity contribution in [2.45, 2.75) is 0 Å². The van der Waals surface area contributed by atoms with Crippen LogP contribution in [0.4, 0.5) is 5.69 Å². The smallest absolute Gasteiger partial charge is 0.215 e. The monoisotopic (exact) mass is 233 g/mol. The number of nitrogens with zero attached hydrogens (tertiary/aromatic N) is 2. The lowest BCUT2D eigenvalue weighted by molar-refractivity contribution is 0.103. The zero-order valence-corrected chi connectivity index (χ0v) is 8.98. The number of nitrogen functional groups attached to an aromatic ring is 1. The maximum absolute atomic E-state index is 12.0. The van der Waals surface area contributed by atoms with Crippen LogP contribution in [-0.4, -0.2) is 16.0 Å². The summed E-state index contributed by atoms with van der Waals surface area (Å²) in [5, 5.41) is 7.83. The van der Waals surface area contributed by atoms with E-state index in [1.54, 1.807) is 24.3 Å². The number of nitrogens with two attached hydrogens (primary N) is 1. The highest BCUT2D eigenvalue weighted by Gasteiger charge is 2.14. The zero-order valence-electron chi connectivity index (χ0n) is 8.22. The summed E-state index contributed by atoms with van der Waals surface area (Å²) in [5.74, 6) is -0.284. The Morgan fingerprint density at radius 2 is 2.12 bits per heavy atom. The fraction of sp³-hybridized carbons (Fsp3) is 0. The number of halogens is 1. The highest BCUT2D eigenvalue weighted by atomic mass is 35.5. The van der Waals surface area contributed by atoms with E-state index in [0.29, 0.717) is 16.3 Å². The van der Waals surface area contributed by atoms with Crippen molar-refractivity contribution in [1.82, 2.24) is 10.2 Å². The molecule has 0 aliphatic heterocycles. The molecule has 0 spiro atoms. The number of anilines is 1. The summed E-state index contributed by atoms with van der Waals surface area (Å²) in [5.41, 5.74) is 6.66. The minimum Gasteiger partial charge on any atom is -0.398 e. The largest absolute Gasteiger partial charge is 0.398 e. The van der Waals surface area contributed by atoms with Gasteiger partial charge >= 0.3 is 0 Å². The molecule has 1 heterocycles. The molecule has 0 atom stereocenters. The van der Waals surface area contributed by atoms with Crippen LogP contribution in [0.15, 0.2) is 36.5 Å². The third-order valence-electron chi connectivity index (χ3n) is 2.06. The zero-order chi connectivity index (χ0) is 11.5. The van der Waals surface area contributed by atoms with E-state index in [-0.39, 0.29) is 11.5 Å². The minimum absolute atomic E-state index is 0.247. The van der Waals surface area contributed by atoms with Gasteiger partial charge in [0.1, 0.15) is 5.69 Å². The minimum atomic E-state index is -0.284. The Morgan fingerprint density at radius 1 is 1.31 bits per heavy atom. The molecule has 4 nitrogen and oxygen atoms in total. The molecule has 0 aliphatic carbocycles. The summed E-state index contributed by atoms with van der Waals surface area (Å²) in [6.07, 6.45) is 1.50. The van der Waals surface area contributed by atoms with Gasteiger partial charge in [0.25, 0.3) is 0 Å². The van der Waals surface area contributed by atoms with Gasteiger partial charge in [0.2, 0.25) is 5.78 Å². The Labute approximate surface area is 97.1 Å². The topological polar surface area (TPSA) is 68.9 Å². The Kier molecular flexibility index (Phi) is 2.83. The summed E-state index contributed by atoms with van der Waals surface area (Å²) in [4.78, 5) is 12.0. The first-order valence-electron chi connectivity index (χ1n) is 4.56. The summed E-state index contributed by atoms with van der Waals surface area (Å²) in [6, 6.07) is 7.96. The van der Waals surface area contributed by atoms with Crippen LogP contribution in [0.25, 0.3) is 0 Å². The number of carbonyl (C=O) groups is 1. The molecule has 0 bridgehead atoms. The van der Waals surface area contributed by atoms with Crippen LogP contribution in [0.2, 0.25) is 5.02 Å². The van der Waals surface area contributed by atoms with Gasteiger partial charge in [-0.1, -0.05) is 11.6 Å². The summed E-state index contributed by atoms with van der Waals surface area (Å²) >= 11 is 5.80. The number of ketones is 1. The van der Waals surface area contributed by atoms with Crippen LogP contribution >= 0.6 is 11.6 Å². The predicted octanol–water partition coefficient (Wildman–Crippen LogP) is 1.94. The molecule has 80 valence electrons. The van der Waals surface area contributed by atoms with Crippen LogP contribution in [0.3, 0.4) is 0 Å². The van der Waals surface area contributed by atoms with Gasteiger partial charge in [0.05, 0.1) is 0 Å². The van der Waals surface area contributed by atoms with Crippen LogP contribution in [0, 0.1) is 0 Å². The second-order valence-electron chi connectivity index (χ2n) is 3.17. The Bertz CT molecular complexity index is 528. The summed E-state index contributed by atoms with van der Waals surface area (Å²) in [6.45, 7) is 0. The number of hydrogen-bond acceptors (Lipinski definition) is 4. The second-order valence-corrected chi connectivity index (χ2v) is 3.61. The second kappa shape index (κ2) is 4.28. The number of hydrogen-bond donors (Lipinski definition) is 1. The predicted molar refractivity (Wildman–Crippen MR) is 61.3 cm³/mol. The Balaban J connectivity index is 2.46. The highest BCUT2D eigenvalue weighted by molar-refractivity contribution is 6.31. The average molecular weight is 234 g/mol. The van der Waals surface area contributed by atoms with Gasteiger partial charge in [-0.3, -0.25) is 4.79 Å². The maximum atomic E-state index is 12.0. The number of carbonyl (C=O) groups excluding carboxylic acids is 1. The van der Waals surface area contributed by atoms with Gasteiger partial charge in [0, 0.05) is 22.5 Å². The van der Waals surface area contributed by atoms with Crippen molar-refractivity contribution in [3.63, 3.8) is 0 Å². The van der Waals surface area contributed by atoms with Crippen LogP contribution < -0.4 is 5.73 Å². The molecule has 0 radical (unpaired) electrons. The first-order valence-corrected chi connectivity index (χ1v) is 4.93. The molecule has 0 saturated carbocycles. The van der Waals surface area contributed by atoms with Gasteiger partial charge in [-0.15, -0.1) is 5.10 Å². The van der Waals surface area contributed by atoms with Crippen molar-refractivity contribution >= 4 is 23.1 Å². The molecule has 0 amide bonds. The van der Waals surface area contributed by atoms with E-state index >= 15 is 0 Å². The van der Waals surface area contributed by atoms with Crippen molar-refractivity contribution in [2.75, 3.05) is 5.73 Å². The molecule has 5 heteroatoms. The standard InChI is InChI=1S/C11H8ClN3O/c12-7-3-4-9(13)8(6-7)11(16)10-2-1-5-14-15-10/h1-6H,13H2. The third-order valence-corrected chi connectivity index (χ3v) is 2.30. The molecule has 2 N–H and O–H groups in total. The average Bonchev–Trinajstić information content (AvgIpc) is 2.32. The van der Waals surface area contributed by atoms with Crippen molar-refractivity contribution in [3.05, 3.63) is 52.8 Å². The fourth-order valence-corrected chi connectivity index (χ4v) is 1.46. The lowest BCUT2D eigenvalue weighted by Crippen LogP contribution is -2.07.